The van der Waals surface area contributed by atoms with Crippen LogP contribution in [-0.2, 0) is 0 Å². The monoisotopic (exact) mass is 147 g/mol. The van der Waals surface area contributed by atoms with Gasteiger partial charge < -0.3 is 5.32 Å². The number of halogens is 1. The zero-order chi connectivity index (χ0) is 5.45. The third kappa shape index (κ3) is 1.39. The highest BCUT2D eigenvalue weighted by Gasteiger charge is 2.42. The van der Waals surface area contributed by atoms with Crippen molar-refractivity contribution in [3.63, 3.8) is 0 Å². The fourth-order valence-corrected chi connectivity index (χ4v) is 1.63. The van der Waals surface area contributed by atoms with E-state index >= 15 is 0 Å². The molecule has 0 bridgehead atoms. The smallest absolute Gasteiger partial charge is 0.00436 e. The van der Waals surface area contributed by atoms with Crippen LogP contribution in [0.25, 0.3) is 0 Å². The fourth-order valence-electron chi connectivity index (χ4n) is 1.63. The third-order valence-corrected chi connectivity index (χ3v) is 2.62. The summed E-state index contributed by atoms with van der Waals surface area (Å²) in [6, 6.07) is 0. The second-order valence-corrected chi connectivity index (χ2v) is 3.25. The Kier molecular flexibility index (Phi) is 2.02. The molecule has 1 spiro atoms. The minimum Gasteiger partial charge on any atom is -0.317 e. The standard InChI is InChI=1S/C7H13N.ClH/c1-2-7(1)3-5-8-6-4-7;/h8H,1-6H2;1H. The van der Waals surface area contributed by atoms with Crippen molar-refractivity contribution < 1.29 is 0 Å². The molecule has 1 nitrogen and oxygen atoms in total. The molecule has 0 unspecified atom stereocenters. The van der Waals surface area contributed by atoms with E-state index in [1.54, 1.807) is 0 Å². The maximum Gasteiger partial charge on any atom is -0.00436 e. The summed E-state index contributed by atoms with van der Waals surface area (Å²) >= 11 is 0. The maximum absolute atomic E-state index is 3.38. The largest absolute Gasteiger partial charge is 0.317 e. The summed E-state index contributed by atoms with van der Waals surface area (Å²) in [7, 11) is 0. The molecule has 2 rings (SSSR count). The van der Waals surface area contributed by atoms with Crippen LogP contribution in [0.5, 0.6) is 0 Å². The lowest BCUT2D eigenvalue weighted by atomic mass is 9.95. The van der Waals surface area contributed by atoms with Gasteiger partial charge in [-0.15, -0.1) is 12.4 Å². The number of piperidine rings is 1. The van der Waals surface area contributed by atoms with E-state index in [9.17, 15) is 0 Å². The first-order valence-corrected chi connectivity index (χ1v) is 3.62. The topological polar surface area (TPSA) is 12.0 Å². The van der Waals surface area contributed by atoms with Crippen LogP contribution >= 0.6 is 12.4 Å². The minimum absolute atomic E-state index is 0. The van der Waals surface area contributed by atoms with Crippen LogP contribution < -0.4 is 5.32 Å². The molecule has 1 aliphatic carbocycles. The molecular formula is C7H14ClN. The van der Waals surface area contributed by atoms with Crippen LogP contribution in [0.1, 0.15) is 25.7 Å². The van der Waals surface area contributed by atoms with Gasteiger partial charge in [0.05, 0.1) is 0 Å². The van der Waals surface area contributed by atoms with Crippen molar-refractivity contribution in [2.45, 2.75) is 25.7 Å². The molecule has 1 N–H and O–H groups in total. The van der Waals surface area contributed by atoms with Gasteiger partial charge in [0.1, 0.15) is 0 Å². The van der Waals surface area contributed by atoms with E-state index in [1.165, 1.54) is 38.8 Å². The molecule has 0 radical (unpaired) electrons. The Morgan fingerprint density at radius 3 is 1.78 bits per heavy atom. The second-order valence-electron chi connectivity index (χ2n) is 3.25. The van der Waals surface area contributed by atoms with E-state index in [1.807, 2.05) is 0 Å². The number of hydrogen-bond acceptors (Lipinski definition) is 1. The Morgan fingerprint density at radius 2 is 1.44 bits per heavy atom. The van der Waals surface area contributed by atoms with Gasteiger partial charge in [0.15, 0.2) is 0 Å². The molecule has 0 aromatic rings. The summed E-state index contributed by atoms with van der Waals surface area (Å²) in [5.74, 6) is 0. The van der Waals surface area contributed by atoms with E-state index in [-0.39, 0.29) is 12.4 Å². The highest BCUT2D eigenvalue weighted by molar-refractivity contribution is 5.85. The van der Waals surface area contributed by atoms with Crippen LogP contribution in [0.2, 0.25) is 0 Å². The molecule has 1 heterocycles. The zero-order valence-electron chi connectivity index (χ0n) is 5.65. The number of nitrogens with one attached hydrogen (secondary N) is 1. The molecule has 0 aromatic carbocycles. The van der Waals surface area contributed by atoms with Crippen LogP contribution in [0.15, 0.2) is 0 Å². The Morgan fingerprint density at radius 1 is 0.889 bits per heavy atom. The van der Waals surface area contributed by atoms with Crippen LogP contribution in [-0.4, -0.2) is 13.1 Å². The van der Waals surface area contributed by atoms with Gasteiger partial charge in [0, 0.05) is 0 Å². The lowest BCUT2D eigenvalue weighted by Gasteiger charge is -2.20. The van der Waals surface area contributed by atoms with Crippen molar-refractivity contribution in [1.82, 2.24) is 5.32 Å². The summed E-state index contributed by atoms with van der Waals surface area (Å²) < 4.78 is 0. The molecule has 1 saturated carbocycles. The van der Waals surface area contributed by atoms with Crippen molar-refractivity contribution in [2.24, 2.45) is 5.41 Å². The first kappa shape index (κ1) is 7.36. The van der Waals surface area contributed by atoms with E-state index in [4.69, 9.17) is 0 Å². The molecule has 0 atom stereocenters. The summed E-state index contributed by atoms with van der Waals surface area (Å²) in [5.41, 5.74) is 0.866. The van der Waals surface area contributed by atoms with Gasteiger partial charge >= 0.3 is 0 Å². The average molecular weight is 148 g/mol. The van der Waals surface area contributed by atoms with Crippen LogP contribution in [0.4, 0.5) is 0 Å². The van der Waals surface area contributed by atoms with Gasteiger partial charge in [-0.1, -0.05) is 0 Å². The van der Waals surface area contributed by atoms with Crippen molar-refractivity contribution in [3.05, 3.63) is 0 Å². The Hall–Kier alpha value is 0.250. The first-order chi connectivity index (χ1) is 3.91. The van der Waals surface area contributed by atoms with Crippen molar-refractivity contribution >= 4 is 12.4 Å². The Labute approximate surface area is 62.6 Å². The van der Waals surface area contributed by atoms with Crippen molar-refractivity contribution in [2.75, 3.05) is 13.1 Å². The number of hydrogen-bond donors (Lipinski definition) is 1. The van der Waals surface area contributed by atoms with Gasteiger partial charge in [0.25, 0.3) is 0 Å². The zero-order valence-corrected chi connectivity index (χ0v) is 6.47. The molecule has 2 aliphatic rings. The third-order valence-electron chi connectivity index (χ3n) is 2.62. The predicted octanol–water partition coefficient (Wildman–Crippen LogP) is 1.57. The molecule has 2 heteroatoms. The fraction of sp³-hybridized carbons (Fsp3) is 1.00. The van der Waals surface area contributed by atoms with Gasteiger partial charge in [-0.05, 0) is 44.2 Å². The Balaban J connectivity index is 0.000000405. The van der Waals surface area contributed by atoms with Gasteiger partial charge in [-0.2, -0.15) is 0 Å². The summed E-state index contributed by atoms with van der Waals surface area (Å²) in [5, 5.41) is 3.38. The molecule has 54 valence electrons. The lowest BCUT2D eigenvalue weighted by molar-refractivity contribution is 0.353. The van der Waals surface area contributed by atoms with Crippen LogP contribution in [0, 0.1) is 5.41 Å². The van der Waals surface area contributed by atoms with Crippen molar-refractivity contribution in [3.8, 4) is 0 Å². The van der Waals surface area contributed by atoms with E-state index in [0.29, 0.717) is 0 Å². The Bertz CT molecular complexity index is 91.1. The normalized spacial score (nSPS) is 29.3. The summed E-state index contributed by atoms with van der Waals surface area (Å²) in [6.07, 6.45) is 5.95. The van der Waals surface area contributed by atoms with Crippen LogP contribution in [0.3, 0.4) is 0 Å². The summed E-state index contributed by atoms with van der Waals surface area (Å²) in [6.45, 7) is 2.56. The van der Waals surface area contributed by atoms with E-state index < -0.39 is 0 Å². The second kappa shape index (κ2) is 2.47. The lowest BCUT2D eigenvalue weighted by Crippen LogP contribution is -2.28. The van der Waals surface area contributed by atoms with Crippen molar-refractivity contribution in [1.29, 1.82) is 0 Å². The molecule has 2 fully saturated rings. The SMILES string of the molecule is C1CC2(CCN1)CC2.Cl. The van der Waals surface area contributed by atoms with Gasteiger partial charge in [-0.25, -0.2) is 0 Å². The maximum atomic E-state index is 3.38. The molecule has 9 heavy (non-hydrogen) atoms. The molecule has 0 aromatic heterocycles. The molecule has 1 saturated heterocycles. The van der Waals surface area contributed by atoms with Gasteiger partial charge in [-0.3, -0.25) is 0 Å². The molecule has 0 amide bonds. The number of rotatable bonds is 0. The quantitative estimate of drug-likeness (QED) is 0.549. The average Bonchev–Trinajstić information content (AvgIpc) is 2.52. The van der Waals surface area contributed by atoms with E-state index in [0.717, 1.165) is 5.41 Å². The van der Waals surface area contributed by atoms with Gasteiger partial charge in [0.2, 0.25) is 0 Å². The molecule has 1 aliphatic heterocycles. The first-order valence-electron chi connectivity index (χ1n) is 3.62. The molecular weight excluding hydrogens is 134 g/mol. The summed E-state index contributed by atoms with van der Waals surface area (Å²) in [4.78, 5) is 0. The highest BCUT2D eigenvalue weighted by Crippen LogP contribution is 2.52. The predicted molar refractivity (Wildman–Crippen MR) is 41.0 cm³/mol. The minimum atomic E-state index is 0. The highest BCUT2D eigenvalue weighted by atomic mass is 35.5. The van der Waals surface area contributed by atoms with E-state index in [2.05, 4.69) is 5.32 Å².